The van der Waals surface area contributed by atoms with E-state index < -0.39 is 16.0 Å². The number of carbonyl (C=O) groups is 1. The van der Waals surface area contributed by atoms with Crippen molar-refractivity contribution in [3.63, 3.8) is 0 Å². The number of benzene rings is 1. The smallest absolute Gasteiger partial charge is 0.431 e. The Morgan fingerprint density at radius 1 is 1.23 bits per heavy atom. The molecule has 8 heteroatoms. The number of sulfone groups is 1. The van der Waals surface area contributed by atoms with Crippen molar-refractivity contribution in [2.45, 2.75) is 39.2 Å². The van der Waals surface area contributed by atoms with Crippen LogP contribution in [-0.2, 0) is 19.3 Å². The predicted molar refractivity (Wildman–Crippen MR) is 99.4 cm³/mol. The minimum Gasteiger partial charge on any atom is -0.431 e. The highest BCUT2D eigenvalue weighted by molar-refractivity contribution is 7.95. The molecule has 0 saturated heterocycles. The van der Waals surface area contributed by atoms with Gasteiger partial charge in [0, 0.05) is 10.7 Å². The number of carbonyl (C=O) groups excluding carboxylic acids is 1. The third-order valence-electron chi connectivity index (χ3n) is 4.04. The van der Waals surface area contributed by atoms with E-state index in [2.05, 4.69) is 0 Å². The first-order chi connectivity index (χ1) is 12.3. The van der Waals surface area contributed by atoms with Crippen molar-refractivity contribution >= 4 is 33.3 Å². The van der Waals surface area contributed by atoms with Crippen LogP contribution in [0, 0.1) is 0 Å². The van der Waals surface area contributed by atoms with Crippen molar-refractivity contribution in [1.82, 2.24) is 0 Å². The Morgan fingerprint density at radius 3 is 2.58 bits per heavy atom. The van der Waals surface area contributed by atoms with Crippen molar-refractivity contribution in [3.05, 3.63) is 51.8 Å². The van der Waals surface area contributed by atoms with Crippen LogP contribution >= 0.6 is 11.6 Å². The highest BCUT2D eigenvalue weighted by Gasteiger charge is 2.37. The van der Waals surface area contributed by atoms with Crippen LogP contribution in [0.5, 0.6) is 0 Å². The largest absolute Gasteiger partial charge is 0.515 e. The minimum absolute atomic E-state index is 0.0691. The van der Waals surface area contributed by atoms with E-state index in [1.54, 1.807) is 44.2 Å². The monoisotopic (exact) mass is 397 g/mol. The quantitative estimate of drug-likeness (QED) is 0.705. The van der Waals surface area contributed by atoms with Crippen LogP contribution in [-0.4, -0.2) is 26.4 Å². The van der Waals surface area contributed by atoms with Crippen LogP contribution < -0.4 is 4.90 Å². The lowest BCUT2D eigenvalue weighted by Gasteiger charge is -2.35. The molecule has 0 spiro atoms. The molecule has 0 saturated carbocycles. The summed E-state index contributed by atoms with van der Waals surface area (Å²) in [4.78, 5) is 13.4. The van der Waals surface area contributed by atoms with Gasteiger partial charge >= 0.3 is 6.16 Å². The van der Waals surface area contributed by atoms with Gasteiger partial charge in [-0.3, -0.25) is 4.90 Å². The number of halogens is 1. The number of hydrogen-bond donors (Lipinski definition) is 0. The molecular formula is C18H20ClNO5S. The van der Waals surface area contributed by atoms with E-state index in [9.17, 15) is 13.2 Å². The standard InChI is InChI=1S/C18H20ClNO5S/c1-12(2)24-18(21)25-16-10-5-13-4-3-11-26(22,23)17(13)20(16)15-8-6-14(19)7-9-15/h6-10,12H,3-5,11H2,1-2H3. The Kier molecular flexibility index (Phi) is 5.29. The molecule has 3 rings (SSSR count). The summed E-state index contributed by atoms with van der Waals surface area (Å²) in [5, 5.41) is 0.720. The summed E-state index contributed by atoms with van der Waals surface area (Å²) < 4.78 is 35.9. The van der Waals surface area contributed by atoms with Crippen molar-refractivity contribution in [1.29, 1.82) is 0 Å². The summed E-state index contributed by atoms with van der Waals surface area (Å²) in [5.41, 5.74) is 1.37. The second-order valence-electron chi connectivity index (χ2n) is 6.41. The van der Waals surface area contributed by atoms with Gasteiger partial charge in [-0.15, -0.1) is 0 Å². The Balaban J connectivity index is 2.03. The fourth-order valence-corrected chi connectivity index (χ4v) is 4.95. The molecule has 0 radical (unpaired) electrons. The molecule has 0 N–H and O–H groups in total. The maximum atomic E-state index is 12.8. The number of ether oxygens (including phenoxy) is 2. The van der Waals surface area contributed by atoms with Crippen LogP contribution in [0.1, 0.15) is 33.1 Å². The molecule has 0 aromatic heterocycles. The molecule has 0 bridgehead atoms. The number of nitrogens with zero attached hydrogens (tertiary/aromatic N) is 1. The number of anilines is 1. The zero-order valence-corrected chi connectivity index (χ0v) is 16.1. The van der Waals surface area contributed by atoms with E-state index in [-0.39, 0.29) is 22.8 Å². The van der Waals surface area contributed by atoms with Crippen LogP contribution in [0.4, 0.5) is 10.5 Å². The Morgan fingerprint density at radius 2 is 1.92 bits per heavy atom. The van der Waals surface area contributed by atoms with Gasteiger partial charge in [-0.25, -0.2) is 13.2 Å². The van der Waals surface area contributed by atoms with Gasteiger partial charge in [-0.05, 0) is 69.0 Å². The lowest BCUT2D eigenvalue weighted by molar-refractivity contribution is 0.0524. The minimum atomic E-state index is -3.48. The van der Waals surface area contributed by atoms with E-state index in [1.807, 2.05) is 0 Å². The summed E-state index contributed by atoms with van der Waals surface area (Å²) in [5.74, 6) is 0.196. The molecule has 0 unspecified atom stereocenters. The molecule has 1 aromatic rings. The van der Waals surface area contributed by atoms with E-state index in [0.29, 0.717) is 30.0 Å². The topological polar surface area (TPSA) is 72.9 Å². The van der Waals surface area contributed by atoms with Crippen LogP contribution in [0.15, 0.2) is 46.8 Å². The Bertz CT molecular complexity index is 871. The maximum absolute atomic E-state index is 12.8. The summed E-state index contributed by atoms with van der Waals surface area (Å²) >= 11 is 5.95. The lowest BCUT2D eigenvalue weighted by atomic mass is 10.1. The molecule has 26 heavy (non-hydrogen) atoms. The average molecular weight is 398 g/mol. The van der Waals surface area contributed by atoms with Crippen molar-refractivity contribution in [2.75, 3.05) is 10.7 Å². The van der Waals surface area contributed by atoms with Gasteiger partial charge in [0.05, 0.1) is 11.9 Å². The van der Waals surface area contributed by atoms with Crippen LogP contribution in [0.3, 0.4) is 0 Å². The van der Waals surface area contributed by atoms with Gasteiger partial charge in [0.2, 0.25) is 5.88 Å². The van der Waals surface area contributed by atoms with Crippen LogP contribution in [0.2, 0.25) is 5.02 Å². The molecule has 0 atom stereocenters. The Labute approximate surface area is 157 Å². The lowest BCUT2D eigenvalue weighted by Crippen LogP contribution is -2.36. The molecule has 6 nitrogen and oxygen atoms in total. The second kappa shape index (κ2) is 7.32. The van der Waals surface area contributed by atoms with Gasteiger partial charge in [-0.1, -0.05) is 11.6 Å². The first-order valence-electron chi connectivity index (χ1n) is 8.37. The van der Waals surface area contributed by atoms with E-state index >= 15 is 0 Å². The zero-order chi connectivity index (χ0) is 18.9. The Hall–Kier alpha value is -1.99. The molecule has 1 aromatic carbocycles. The van der Waals surface area contributed by atoms with E-state index in [1.165, 1.54) is 4.90 Å². The number of rotatable bonds is 3. The van der Waals surface area contributed by atoms with E-state index in [0.717, 1.165) is 5.57 Å². The first kappa shape index (κ1) is 18.8. The van der Waals surface area contributed by atoms with Gasteiger partial charge in [0.1, 0.15) is 5.03 Å². The van der Waals surface area contributed by atoms with Gasteiger partial charge < -0.3 is 9.47 Å². The normalized spacial score (nSPS) is 19.1. The summed E-state index contributed by atoms with van der Waals surface area (Å²) in [6, 6.07) is 6.69. The summed E-state index contributed by atoms with van der Waals surface area (Å²) in [6.45, 7) is 3.42. The molecule has 0 fully saturated rings. The number of hydrogen-bond acceptors (Lipinski definition) is 6. The summed E-state index contributed by atoms with van der Waals surface area (Å²) in [6.07, 6.45) is 2.19. The highest BCUT2D eigenvalue weighted by Crippen LogP contribution is 2.39. The molecule has 2 aliphatic heterocycles. The second-order valence-corrected chi connectivity index (χ2v) is 8.87. The third-order valence-corrected chi connectivity index (χ3v) is 6.18. The fraction of sp³-hybridized carbons (Fsp3) is 0.389. The van der Waals surface area contributed by atoms with Crippen LogP contribution in [0.25, 0.3) is 0 Å². The molecule has 140 valence electrons. The number of allylic oxidation sites excluding steroid dienone is 2. The molecule has 2 aliphatic rings. The molecule has 0 aliphatic carbocycles. The van der Waals surface area contributed by atoms with E-state index in [4.69, 9.17) is 21.1 Å². The highest BCUT2D eigenvalue weighted by atomic mass is 35.5. The fourth-order valence-electron chi connectivity index (χ4n) is 3.01. The average Bonchev–Trinajstić information content (AvgIpc) is 2.55. The van der Waals surface area contributed by atoms with Crippen molar-refractivity contribution in [2.24, 2.45) is 0 Å². The molecular weight excluding hydrogens is 378 g/mol. The van der Waals surface area contributed by atoms with Crippen molar-refractivity contribution in [3.8, 4) is 0 Å². The third kappa shape index (κ3) is 3.88. The van der Waals surface area contributed by atoms with Gasteiger partial charge in [0.15, 0.2) is 9.84 Å². The van der Waals surface area contributed by atoms with Gasteiger partial charge in [-0.2, -0.15) is 0 Å². The first-order valence-corrected chi connectivity index (χ1v) is 10.4. The van der Waals surface area contributed by atoms with Crippen molar-refractivity contribution < 1.29 is 22.7 Å². The molecule has 0 amide bonds. The zero-order valence-electron chi connectivity index (χ0n) is 14.6. The SMILES string of the molecule is CC(C)OC(=O)OC1=CCC2=C(N1c1ccc(Cl)cc1)S(=O)(=O)CCC2. The molecule has 2 heterocycles. The van der Waals surface area contributed by atoms with Gasteiger partial charge in [0.25, 0.3) is 0 Å². The predicted octanol–water partition coefficient (Wildman–Crippen LogP) is 4.37. The maximum Gasteiger partial charge on any atom is 0.515 e. The summed E-state index contributed by atoms with van der Waals surface area (Å²) in [7, 11) is -3.48.